The van der Waals surface area contributed by atoms with Crippen LogP contribution >= 0.6 is 11.6 Å². The molecule has 1 N–H and O–H groups in total. The van der Waals surface area contributed by atoms with Crippen LogP contribution in [0.15, 0.2) is 12.1 Å². The first-order chi connectivity index (χ1) is 6.43. The Labute approximate surface area is 88.5 Å². The monoisotopic (exact) mass is 216 g/mol. The molecule has 0 heterocycles. The fraction of sp³-hybridized carbons (Fsp3) is 0.455. The van der Waals surface area contributed by atoms with Crippen LogP contribution in [0.2, 0.25) is 5.02 Å². The third-order valence-corrected chi connectivity index (χ3v) is 2.64. The molecule has 1 rings (SSSR count). The Bertz CT molecular complexity index is 336. The van der Waals surface area contributed by atoms with Crippen LogP contribution in [0.4, 0.5) is 4.39 Å². The highest BCUT2D eigenvalue weighted by atomic mass is 35.5. The van der Waals surface area contributed by atoms with Crippen LogP contribution in [-0.4, -0.2) is 5.11 Å². The van der Waals surface area contributed by atoms with Crippen molar-refractivity contribution >= 4 is 11.6 Å². The Morgan fingerprint density at radius 3 is 2.43 bits per heavy atom. The first kappa shape index (κ1) is 11.5. The predicted molar refractivity (Wildman–Crippen MR) is 55.9 cm³/mol. The molecule has 0 amide bonds. The number of aryl methyl sites for hydroxylation is 1. The Morgan fingerprint density at radius 1 is 1.36 bits per heavy atom. The van der Waals surface area contributed by atoms with Crippen molar-refractivity contribution in [1.29, 1.82) is 0 Å². The van der Waals surface area contributed by atoms with Crippen LogP contribution in [0.1, 0.15) is 31.1 Å². The van der Waals surface area contributed by atoms with Crippen LogP contribution in [0.3, 0.4) is 0 Å². The predicted octanol–water partition coefficient (Wildman–Crippen LogP) is 3.48. The largest absolute Gasteiger partial charge is 0.388 e. The normalized spacial score (nSPS) is 13.4. The molecular weight excluding hydrogens is 203 g/mol. The number of rotatable bonds is 2. The molecule has 0 aliphatic rings. The second-order valence-electron chi connectivity index (χ2n) is 3.81. The number of hydrogen-bond acceptors (Lipinski definition) is 1. The van der Waals surface area contributed by atoms with E-state index < -0.39 is 11.9 Å². The van der Waals surface area contributed by atoms with Crippen molar-refractivity contribution in [3.05, 3.63) is 34.1 Å². The van der Waals surface area contributed by atoms with Gasteiger partial charge < -0.3 is 5.11 Å². The lowest BCUT2D eigenvalue weighted by Crippen LogP contribution is -2.08. The van der Waals surface area contributed by atoms with E-state index in [0.29, 0.717) is 10.6 Å². The maximum atomic E-state index is 13.4. The maximum absolute atomic E-state index is 13.4. The fourth-order valence-corrected chi connectivity index (χ4v) is 1.42. The first-order valence-electron chi connectivity index (χ1n) is 4.57. The minimum Gasteiger partial charge on any atom is -0.388 e. The highest BCUT2D eigenvalue weighted by Crippen LogP contribution is 2.28. The molecule has 0 saturated carbocycles. The highest BCUT2D eigenvalue weighted by molar-refractivity contribution is 6.31. The average Bonchev–Trinajstić information content (AvgIpc) is 2.10. The molecule has 0 saturated heterocycles. The molecule has 14 heavy (non-hydrogen) atoms. The van der Waals surface area contributed by atoms with Gasteiger partial charge >= 0.3 is 0 Å². The molecule has 0 aromatic heterocycles. The Hall–Kier alpha value is -0.600. The van der Waals surface area contributed by atoms with Crippen molar-refractivity contribution in [2.45, 2.75) is 26.9 Å². The summed E-state index contributed by atoms with van der Waals surface area (Å²) in [7, 11) is 0. The summed E-state index contributed by atoms with van der Waals surface area (Å²) in [6.07, 6.45) is -0.798. The van der Waals surface area contributed by atoms with Crippen LogP contribution in [-0.2, 0) is 0 Å². The Morgan fingerprint density at radius 2 is 1.93 bits per heavy atom. The molecule has 1 aromatic rings. The van der Waals surface area contributed by atoms with Gasteiger partial charge in [0.15, 0.2) is 0 Å². The van der Waals surface area contributed by atoms with E-state index in [4.69, 9.17) is 11.6 Å². The molecule has 0 aliphatic carbocycles. The molecule has 0 fully saturated rings. The molecule has 1 aromatic carbocycles. The van der Waals surface area contributed by atoms with Gasteiger partial charge in [0.05, 0.1) is 6.10 Å². The van der Waals surface area contributed by atoms with Gasteiger partial charge in [0.2, 0.25) is 0 Å². The van der Waals surface area contributed by atoms with Crippen LogP contribution in [0.5, 0.6) is 0 Å². The van der Waals surface area contributed by atoms with Crippen molar-refractivity contribution in [2.75, 3.05) is 0 Å². The number of benzene rings is 1. The minimum absolute atomic E-state index is 0.0247. The van der Waals surface area contributed by atoms with Gasteiger partial charge in [-0.3, -0.25) is 0 Å². The molecule has 0 radical (unpaired) electrons. The third kappa shape index (κ3) is 2.25. The molecule has 1 nitrogen and oxygen atoms in total. The van der Waals surface area contributed by atoms with E-state index in [9.17, 15) is 9.50 Å². The third-order valence-electron chi connectivity index (χ3n) is 2.23. The number of halogens is 2. The quantitative estimate of drug-likeness (QED) is 0.803. The van der Waals surface area contributed by atoms with Gasteiger partial charge in [-0.15, -0.1) is 0 Å². The Kier molecular flexibility index (Phi) is 3.51. The zero-order valence-corrected chi connectivity index (χ0v) is 9.27. The molecule has 0 bridgehead atoms. The molecular formula is C11H14ClFO. The lowest BCUT2D eigenvalue weighted by molar-refractivity contribution is 0.123. The lowest BCUT2D eigenvalue weighted by atomic mass is 9.98. The molecule has 1 atom stereocenters. The SMILES string of the molecule is Cc1cc(F)c(C(O)C(C)C)cc1Cl. The minimum atomic E-state index is -0.798. The molecule has 0 aliphatic heterocycles. The van der Waals surface area contributed by atoms with Crippen LogP contribution in [0.25, 0.3) is 0 Å². The van der Waals surface area contributed by atoms with Crippen molar-refractivity contribution in [3.8, 4) is 0 Å². The smallest absolute Gasteiger partial charge is 0.129 e. The fourth-order valence-electron chi connectivity index (χ4n) is 1.25. The number of hydrogen-bond donors (Lipinski definition) is 1. The second-order valence-corrected chi connectivity index (χ2v) is 4.22. The number of aliphatic hydroxyl groups excluding tert-OH is 1. The van der Waals surface area contributed by atoms with E-state index in [1.165, 1.54) is 12.1 Å². The van der Waals surface area contributed by atoms with E-state index in [-0.39, 0.29) is 11.5 Å². The standard InChI is InChI=1S/C11H14ClFO/c1-6(2)11(14)8-5-9(12)7(3)4-10(8)13/h4-6,11,14H,1-3H3. The summed E-state index contributed by atoms with van der Waals surface area (Å²) in [5.74, 6) is -0.420. The van der Waals surface area contributed by atoms with Gasteiger partial charge in [-0.2, -0.15) is 0 Å². The Balaban J connectivity index is 3.15. The summed E-state index contributed by atoms with van der Waals surface area (Å²) >= 11 is 5.86. The molecule has 1 unspecified atom stereocenters. The summed E-state index contributed by atoms with van der Waals surface area (Å²) < 4.78 is 13.4. The van der Waals surface area contributed by atoms with Gasteiger partial charge in [0, 0.05) is 10.6 Å². The number of aliphatic hydroxyl groups is 1. The molecule has 3 heteroatoms. The van der Waals surface area contributed by atoms with Crippen molar-refractivity contribution < 1.29 is 9.50 Å². The zero-order valence-electron chi connectivity index (χ0n) is 8.51. The summed E-state index contributed by atoms with van der Waals surface area (Å²) in [5, 5.41) is 10.2. The van der Waals surface area contributed by atoms with E-state index >= 15 is 0 Å². The van der Waals surface area contributed by atoms with Gasteiger partial charge in [-0.1, -0.05) is 25.4 Å². The van der Waals surface area contributed by atoms with Crippen molar-refractivity contribution in [2.24, 2.45) is 5.92 Å². The topological polar surface area (TPSA) is 20.2 Å². The van der Waals surface area contributed by atoms with E-state index in [0.717, 1.165) is 0 Å². The van der Waals surface area contributed by atoms with E-state index in [1.807, 2.05) is 13.8 Å². The second kappa shape index (κ2) is 4.28. The first-order valence-corrected chi connectivity index (χ1v) is 4.95. The summed E-state index contributed by atoms with van der Waals surface area (Å²) in [5.41, 5.74) is 0.958. The zero-order chi connectivity index (χ0) is 10.9. The van der Waals surface area contributed by atoms with Crippen LogP contribution < -0.4 is 0 Å². The van der Waals surface area contributed by atoms with Crippen molar-refractivity contribution in [1.82, 2.24) is 0 Å². The summed E-state index contributed by atoms with van der Waals surface area (Å²) in [6, 6.07) is 2.85. The van der Waals surface area contributed by atoms with E-state index in [2.05, 4.69) is 0 Å². The van der Waals surface area contributed by atoms with Crippen LogP contribution in [0, 0.1) is 18.7 Å². The lowest BCUT2D eigenvalue weighted by Gasteiger charge is -2.16. The van der Waals surface area contributed by atoms with Gasteiger partial charge in [0.1, 0.15) is 5.82 Å². The average molecular weight is 217 g/mol. The highest BCUT2D eigenvalue weighted by Gasteiger charge is 2.17. The van der Waals surface area contributed by atoms with Crippen molar-refractivity contribution in [3.63, 3.8) is 0 Å². The van der Waals surface area contributed by atoms with Gasteiger partial charge in [0.25, 0.3) is 0 Å². The van der Waals surface area contributed by atoms with E-state index in [1.54, 1.807) is 6.92 Å². The molecule has 78 valence electrons. The maximum Gasteiger partial charge on any atom is 0.129 e. The van der Waals surface area contributed by atoms with Gasteiger partial charge in [-0.05, 0) is 30.5 Å². The molecule has 0 spiro atoms. The summed E-state index contributed by atoms with van der Waals surface area (Å²) in [4.78, 5) is 0. The summed E-state index contributed by atoms with van der Waals surface area (Å²) in [6.45, 7) is 5.40. The van der Waals surface area contributed by atoms with Gasteiger partial charge in [-0.25, -0.2) is 4.39 Å².